The Kier molecular flexibility index (Phi) is 2.63. The van der Waals surface area contributed by atoms with Gasteiger partial charge in [0.2, 0.25) is 0 Å². The largest absolute Gasteiger partial charge is 0.595 e. The monoisotopic (exact) mass is 184 g/mol. The van der Waals surface area contributed by atoms with Crippen molar-refractivity contribution in [3.63, 3.8) is 0 Å². The lowest BCUT2D eigenvalue weighted by Crippen LogP contribution is -1.97. The summed E-state index contributed by atoms with van der Waals surface area (Å²) in [6.45, 7) is 0. The van der Waals surface area contributed by atoms with Gasteiger partial charge in [0.25, 0.3) is 0 Å². The van der Waals surface area contributed by atoms with Crippen LogP contribution in [0, 0.1) is 0 Å². The molecule has 1 unspecified atom stereocenters. The highest BCUT2D eigenvalue weighted by Crippen LogP contribution is 2.23. The summed E-state index contributed by atoms with van der Waals surface area (Å²) in [5.74, 6) is 0. The third kappa shape index (κ3) is 2.19. The molecular formula is C7H9N2O2P. The van der Waals surface area contributed by atoms with Crippen LogP contribution < -0.4 is 16.4 Å². The molecule has 0 heterocycles. The Morgan fingerprint density at radius 1 is 1.42 bits per heavy atom. The molecule has 0 saturated heterocycles. The van der Waals surface area contributed by atoms with Gasteiger partial charge < -0.3 is 16.4 Å². The SMILES string of the molecule is Nc1ccc(N)c(C[P+](=O)[O-])c1. The molecule has 0 aliphatic rings. The van der Waals surface area contributed by atoms with Crippen molar-refractivity contribution in [1.82, 2.24) is 0 Å². The lowest BCUT2D eigenvalue weighted by Gasteiger charge is -2.01. The van der Waals surface area contributed by atoms with Crippen LogP contribution in [0.25, 0.3) is 0 Å². The summed E-state index contributed by atoms with van der Waals surface area (Å²) in [6, 6.07) is 4.81. The zero-order valence-electron chi connectivity index (χ0n) is 6.36. The van der Waals surface area contributed by atoms with Crippen LogP contribution in [0.1, 0.15) is 5.56 Å². The maximum Gasteiger partial charge on any atom is 0.313 e. The number of nitrogen functional groups attached to an aromatic ring is 2. The first-order chi connectivity index (χ1) is 5.59. The summed E-state index contributed by atoms with van der Waals surface area (Å²) >= 11 is 0. The minimum atomic E-state index is -2.44. The fourth-order valence-corrected chi connectivity index (χ4v) is 1.45. The maximum atomic E-state index is 10.4. The van der Waals surface area contributed by atoms with Gasteiger partial charge in [0.1, 0.15) is 0 Å². The fourth-order valence-electron chi connectivity index (χ4n) is 0.902. The van der Waals surface area contributed by atoms with E-state index in [-0.39, 0.29) is 6.16 Å². The summed E-state index contributed by atoms with van der Waals surface area (Å²) in [6.07, 6.45) is -0.0494. The van der Waals surface area contributed by atoms with Gasteiger partial charge in [-0.25, -0.2) is 0 Å². The molecule has 0 spiro atoms. The number of hydrogen-bond donors (Lipinski definition) is 2. The van der Waals surface area contributed by atoms with Crippen LogP contribution in [-0.4, -0.2) is 0 Å². The van der Waals surface area contributed by atoms with E-state index in [1.54, 1.807) is 18.2 Å². The Balaban J connectivity index is 2.97. The van der Waals surface area contributed by atoms with Crippen LogP contribution in [0.3, 0.4) is 0 Å². The van der Waals surface area contributed by atoms with Gasteiger partial charge in [-0.1, -0.05) is 4.57 Å². The van der Waals surface area contributed by atoms with Gasteiger partial charge >= 0.3 is 8.03 Å². The summed E-state index contributed by atoms with van der Waals surface area (Å²) in [5.41, 5.74) is 12.5. The van der Waals surface area contributed by atoms with Crippen LogP contribution in [0.15, 0.2) is 18.2 Å². The van der Waals surface area contributed by atoms with Crippen molar-refractivity contribution in [1.29, 1.82) is 0 Å². The van der Waals surface area contributed by atoms with Crippen molar-refractivity contribution in [2.24, 2.45) is 0 Å². The topological polar surface area (TPSA) is 92.2 Å². The van der Waals surface area contributed by atoms with Crippen LogP contribution in [0.4, 0.5) is 11.4 Å². The molecular weight excluding hydrogens is 175 g/mol. The van der Waals surface area contributed by atoms with Gasteiger partial charge in [-0.15, -0.1) is 0 Å². The third-order valence-corrected chi connectivity index (χ3v) is 2.07. The van der Waals surface area contributed by atoms with Gasteiger partial charge in [0.15, 0.2) is 6.16 Å². The lowest BCUT2D eigenvalue weighted by atomic mass is 10.2. The molecule has 5 heteroatoms. The van der Waals surface area contributed by atoms with E-state index in [0.717, 1.165) is 0 Å². The number of hydrogen-bond acceptors (Lipinski definition) is 4. The summed E-state index contributed by atoms with van der Waals surface area (Å²) in [5, 5.41) is 0. The van der Waals surface area contributed by atoms with Crippen molar-refractivity contribution in [3.8, 4) is 0 Å². The smallest absolute Gasteiger partial charge is 0.313 e. The molecule has 4 nitrogen and oxygen atoms in total. The Hall–Kier alpha value is -1.12. The molecule has 0 radical (unpaired) electrons. The molecule has 1 rings (SSSR count). The van der Waals surface area contributed by atoms with E-state index >= 15 is 0 Å². The second-order valence-corrected chi connectivity index (χ2v) is 3.43. The van der Waals surface area contributed by atoms with Crippen molar-refractivity contribution in [3.05, 3.63) is 23.8 Å². The molecule has 0 saturated carbocycles. The van der Waals surface area contributed by atoms with Crippen molar-refractivity contribution in [2.45, 2.75) is 6.16 Å². The fraction of sp³-hybridized carbons (Fsp3) is 0.143. The van der Waals surface area contributed by atoms with E-state index in [0.29, 0.717) is 16.9 Å². The van der Waals surface area contributed by atoms with Crippen molar-refractivity contribution < 1.29 is 9.46 Å². The number of anilines is 2. The predicted octanol–water partition coefficient (Wildman–Crippen LogP) is 0.454. The highest BCUT2D eigenvalue weighted by atomic mass is 31.1. The van der Waals surface area contributed by atoms with Gasteiger partial charge in [0.05, 0.1) is 0 Å². The molecule has 0 bridgehead atoms. The van der Waals surface area contributed by atoms with Crippen LogP contribution in [-0.2, 0) is 10.7 Å². The summed E-state index contributed by atoms with van der Waals surface area (Å²) < 4.78 is 10.4. The highest BCUT2D eigenvalue weighted by Gasteiger charge is 2.07. The minimum absolute atomic E-state index is 0.0494. The standard InChI is InChI=1S/C7H9N2O2P/c8-6-1-2-7(9)5(3-6)4-12(10)11/h1-3H,4,8-9H2. The van der Waals surface area contributed by atoms with Gasteiger partial charge in [0, 0.05) is 16.9 Å². The van der Waals surface area contributed by atoms with Crippen LogP contribution in [0.2, 0.25) is 0 Å². The Bertz CT molecular complexity index is 314. The van der Waals surface area contributed by atoms with Crippen LogP contribution in [0.5, 0.6) is 0 Å². The Labute approximate surface area is 71.1 Å². The number of nitrogens with two attached hydrogens (primary N) is 2. The Morgan fingerprint density at radius 2 is 2.08 bits per heavy atom. The van der Waals surface area contributed by atoms with E-state index in [2.05, 4.69) is 0 Å². The average Bonchev–Trinajstić information content (AvgIpc) is 1.96. The molecule has 64 valence electrons. The Morgan fingerprint density at radius 3 is 2.67 bits per heavy atom. The maximum absolute atomic E-state index is 10.4. The third-order valence-electron chi connectivity index (χ3n) is 1.47. The molecule has 4 N–H and O–H groups in total. The zero-order chi connectivity index (χ0) is 9.14. The molecule has 0 aliphatic heterocycles. The second kappa shape index (κ2) is 3.52. The number of benzene rings is 1. The molecule has 0 fully saturated rings. The first-order valence-electron chi connectivity index (χ1n) is 3.35. The van der Waals surface area contributed by atoms with E-state index in [1.165, 1.54) is 0 Å². The first kappa shape index (κ1) is 8.97. The molecule has 0 amide bonds. The van der Waals surface area contributed by atoms with Gasteiger partial charge in [-0.05, 0) is 18.2 Å². The minimum Gasteiger partial charge on any atom is -0.595 e. The van der Waals surface area contributed by atoms with Crippen LogP contribution >= 0.6 is 8.03 Å². The van der Waals surface area contributed by atoms with Crippen molar-refractivity contribution >= 4 is 19.4 Å². The molecule has 1 aromatic carbocycles. The quantitative estimate of drug-likeness (QED) is 0.515. The molecule has 0 aliphatic carbocycles. The normalized spacial score (nSPS) is 11.2. The molecule has 1 atom stereocenters. The zero-order valence-corrected chi connectivity index (χ0v) is 7.25. The summed E-state index contributed by atoms with van der Waals surface area (Å²) in [4.78, 5) is 10.4. The average molecular weight is 184 g/mol. The molecule has 1 aromatic rings. The van der Waals surface area contributed by atoms with E-state index in [9.17, 15) is 9.46 Å². The lowest BCUT2D eigenvalue weighted by molar-refractivity contribution is -0.164. The summed E-state index contributed by atoms with van der Waals surface area (Å²) in [7, 11) is -2.44. The first-order valence-corrected chi connectivity index (χ1v) is 4.71. The molecule has 12 heavy (non-hydrogen) atoms. The van der Waals surface area contributed by atoms with Gasteiger partial charge in [-0.2, -0.15) is 0 Å². The predicted molar refractivity (Wildman–Crippen MR) is 46.6 cm³/mol. The number of rotatable bonds is 2. The second-order valence-electron chi connectivity index (χ2n) is 2.45. The van der Waals surface area contributed by atoms with Gasteiger partial charge in [-0.3, -0.25) is 0 Å². The van der Waals surface area contributed by atoms with E-state index < -0.39 is 8.03 Å². The highest BCUT2D eigenvalue weighted by molar-refractivity contribution is 7.35. The molecule has 0 aromatic heterocycles. The van der Waals surface area contributed by atoms with E-state index in [4.69, 9.17) is 11.5 Å². The van der Waals surface area contributed by atoms with Crippen molar-refractivity contribution in [2.75, 3.05) is 11.5 Å². The van der Waals surface area contributed by atoms with E-state index in [1.807, 2.05) is 0 Å².